The zero-order chi connectivity index (χ0) is 19.7. The largest absolute Gasteiger partial charge is 0.352 e. The number of nitrogens with zero attached hydrogens (tertiary/aromatic N) is 4. The summed E-state index contributed by atoms with van der Waals surface area (Å²) in [6, 6.07) is 6.31. The van der Waals surface area contributed by atoms with Crippen LogP contribution in [0.4, 0.5) is 0 Å². The molecular formula is C21H27N5O2. The topological polar surface area (TPSA) is 78.4 Å². The average molecular weight is 381 g/mol. The number of fused-ring (bicyclic) bond motifs is 1. The van der Waals surface area contributed by atoms with Gasteiger partial charge < -0.3 is 10.2 Å². The molecule has 4 rings (SSSR count). The Bertz CT molecular complexity index is 891. The summed E-state index contributed by atoms with van der Waals surface area (Å²) in [4.78, 5) is 36.9. The average Bonchev–Trinajstić information content (AvgIpc) is 3.01. The fourth-order valence-electron chi connectivity index (χ4n) is 4.86. The van der Waals surface area contributed by atoms with Gasteiger partial charge in [0.2, 0.25) is 11.8 Å². The van der Waals surface area contributed by atoms with E-state index in [0.717, 1.165) is 49.9 Å². The van der Waals surface area contributed by atoms with Crippen LogP contribution in [-0.4, -0.2) is 62.8 Å². The molecule has 2 amide bonds. The Morgan fingerprint density at radius 1 is 1.14 bits per heavy atom. The number of amides is 2. The summed E-state index contributed by atoms with van der Waals surface area (Å²) in [5.74, 6) is 0.0804. The molecule has 7 nitrogen and oxygen atoms in total. The second kappa shape index (κ2) is 7.47. The van der Waals surface area contributed by atoms with E-state index in [1.807, 2.05) is 11.0 Å². The molecule has 0 bridgehead atoms. The molecule has 1 aromatic heterocycles. The summed E-state index contributed by atoms with van der Waals surface area (Å²) < 4.78 is 0. The van der Waals surface area contributed by atoms with Gasteiger partial charge in [-0.15, -0.1) is 0 Å². The van der Waals surface area contributed by atoms with Crippen molar-refractivity contribution in [1.82, 2.24) is 25.1 Å². The molecule has 1 spiro atoms. The van der Waals surface area contributed by atoms with Gasteiger partial charge in [-0.05, 0) is 37.0 Å². The molecule has 2 fully saturated rings. The van der Waals surface area contributed by atoms with Gasteiger partial charge in [0, 0.05) is 64.0 Å². The van der Waals surface area contributed by atoms with E-state index in [2.05, 4.69) is 32.3 Å². The highest BCUT2D eigenvalue weighted by molar-refractivity contribution is 5.76. The van der Waals surface area contributed by atoms with E-state index < -0.39 is 0 Å². The number of nitrogens with one attached hydrogen (secondary N) is 1. The highest BCUT2D eigenvalue weighted by atomic mass is 16.2. The minimum atomic E-state index is -0.121. The first-order valence-corrected chi connectivity index (χ1v) is 9.92. The van der Waals surface area contributed by atoms with Crippen LogP contribution in [0, 0.1) is 0 Å². The quantitative estimate of drug-likeness (QED) is 0.876. The number of piperidine rings is 1. The van der Waals surface area contributed by atoms with Crippen molar-refractivity contribution >= 4 is 22.8 Å². The number of likely N-dealkylation sites (tertiary alicyclic amines) is 2. The van der Waals surface area contributed by atoms with E-state index in [0.29, 0.717) is 6.54 Å². The predicted octanol–water partition coefficient (Wildman–Crippen LogP) is 1.72. The lowest BCUT2D eigenvalue weighted by Crippen LogP contribution is -2.53. The van der Waals surface area contributed by atoms with Crippen LogP contribution in [0.3, 0.4) is 0 Å². The van der Waals surface area contributed by atoms with Crippen LogP contribution in [0.15, 0.2) is 30.6 Å². The fourth-order valence-corrected chi connectivity index (χ4v) is 4.86. The summed E-state index contributed by atoms with van der Waals surface area (Å²) >= 11 is 0. The van der Waals surface area contributed by atoms with Crippen molar-refractivity contribution in [3.8, 4) is 0 Å². The third kappa shape index (κ3) is 3.71. The third-order valence-corrected chi connectivity index (χ3v) is 6.12. The number of rotatable bonds is 3. The summed E-state index contributed by atoms with van der Waals surface area (Å²) in [5, 5.41) is 3.01. The van der Waals surface area contributed by atoms with E-state index in [1.165, 1.54) is 5.56 Å². The Morgan fingerprint density at radius 3 is 2.54 bits per heavy atom. The summed E-state index contributed by atoms with van der Waals surface area (Å²) in [6.45, 7) is 6.56. The van der Waals surface area contributed by atoms with Crippen molar-refractivity contribution in [3.63, 3.8) is 0 Å². The van der Waals surface area contributed by atoms with Gasteiger partial charge in [0.05, 0.1) is 11.0 Å². The molecule has 3 heterocycles. The van der Waals surface area contributed by atoms with Crippen LogP contribution in [0.25, 0.3) is 11.0 Å². The maximum atomic E-state index is 12.2. The lowest BCUT2D eigenvalue weighted by molar-refractivity contribution is -0.134. The molecule has 7 heteroatoms. The van der Waals surface area contributed by atoms with Crippen LogP contribution in [-0.2, 0) is 16.1 Å². The van der Waals surface area contributed by atoms with E-state index in [1.54, 1.807) is 26.2 Å². The van der Waals surface area contributed by atoms with E-state index in [4.69, 9.17) is 0 Å². The van der Waals surface area contributed by atoms with Crippen LogP contribution in [0.2, 0.25) is 0 Å². The molecule has 1 aromatic carbocycles. The van der Waals surface area contributed by atoms with E-state index in [9.17, 15) is 9.59 Å². The summed E-state index contributed by atoms with van der Waals surface area (Å²) in [6.07, 6.45) is 6.17. The van der Waals surface area contributed by atoms with Crippen molar-refractivity contribution in [1.29, 1.82) is 0 Å². The van der Waals surface area contributed by atoms with Gasteiger partial charge in [-0.2, -0.15) is 0 Å². The van der Waals surface area contributed by atoms with E-state index >= 15 is 0 Å². The molecule has 28 heavy (non-hydrogen) atoms. The minimum absolute atomic E-state index is 0.0256. The summed E-state index contributed by atoms with van der Waals surface area (Å²) in [5.41, 5.74) is 2.95. The van der Waals surface area contributed by atoms with Crippen molar-refractivity contribution in [3.05, 3.63) is 36.2 Å². The van der Waals surface area contributed by atoms with Crippen molar-refractivity contribution < 1.29 is 9.59 Å². The molecule has 0 saturated carbocycles. The van der Waals surface area contributed by atoms with Gasteiger partial charge in [0.15, 0.2) is 0 Å². The monoisotopic (exact) mass is 381 g/mol. The zero-order valence-electron chi connectivity index (χ0n) is 16.5. The van der Waals surface area contributed by atoms with Gasteiger partial charge in [-0.3, -0.25) is 24.5 Å². The minimum Gasteiger partial charge on any atom is -0.352 e. The highest BCUT2D eigenvalue weighted by Gasteiger charge is 2.48. The van der Waals surface area contributed by atoms with Crippen LogP contribution < -0.4 is 5.32 Å². The first-order chi connectivity index (χ1) is 13.4. The number of carbonyl (C=O) groups excluding carboxylic acids is 2. The molecule has 1 atom stereocenters. The van der Waals surface area contributed by atoms with Crippen LogP contribution in [0.5, 0.6) is 0 Å². The maximum Gasteiger partial charge on any atom is 0.219 e. The fraction of sp³-hybridized carbons (Fsp3) is 0.524. The number of aromatic nitrogens is 2. The van der Waals surface area contributed by atoms with Gasteiger partial charge in [0.25, 0.3) is 0 Å². The Hall–Kier alpha value is -2.54. The second-order valence-electron chi connectivity index (χ2n) is 8.11. The molecule has 2 aromatic rings. The van der Waals surface area contributed by atoms with Gasteiger partial charge in [-0.1, -0.05) is 6.07 Å². The molecule has 2 aliphatic rings. The van der Waals surface area contributed by atoms with Gasteiger partial charge >= 0.3 is 0 Å². The molecule has 0 radical (unpaired) electrons. The van der Waals surface area contributed by atoms with Crippen molar-refractivity contribution in [2.24, 2.45) is 0 Å². The first kappa shape index (κ1) is 18.8. The standard InChI is InChI=1S/C21H27N5O2/c1-15(27)24-18-12-21(26(14-18)16(2)28)5-9-25(10-6-21)13-17-3-4-19-20(11-17)23-8-7-22-19/h3-4,7-8,11,18H,5-6,9-10,12-14H2,1-2H3,(H,24,27)/t18-/m1/s1. The zero-order valence-corrected chi connectivity index (χ0v) is 16.5. The number of carbonyl (C=O) groups is 2. The highest BCUT2D eigenvalue weighted by Crippen LogP contribution is 2.39. The number of hydrogen-bond acceptors (Lipinski definition) is 5. The lowest BCUT2D eigenvalue weighted by atomic mass is 9.84. The normalized spacial score (nSPS) is 21.9. The SMILES string of the molecule is CC(=O)N[C@H]1CN(C(C)=O)C2(CCN(Cc3ccc4nccnc4c3)CC2)C1. The Morgan fingerprint density at radius 2 is 1.86 bits per heavy atom. The summed E-state index contributed by atoms with van der Waals surface area (Å²) in [7, 11) is 0. The second-order valence-corrected chi connectivity index (χ2v) is 8.11. The van der Waals surface area contributed by atoms with E-state index in [-0.39, 0.29) is 23.4 Å². The lowest BCUT2D eigenvalue weighted by Gasteiger charge is -2.44. The van der Waals surface area contributed by atoms with Crippen LogP contribution in [0.1, 0.15) is 38.7 Å². The Kier molecular flexibility index (Phi) is 5.02. The Balaban J connectivity index is 1.42. The predicted molar refractivity (Wildman–Crippen MR) is 106 cm³/mol. The maximum absolute atomic E-state index is 12.2. The molecule has 0 unspecified atom stereocenters. The molecule has 1 N–H and O–H groups in total. The Labute approximate surface area is 165 Å². The molecule has 2 saturated heterocycles. The van der Waals surface area contributed by atoms with Crippen LogP contribution >= 0.6 is 0 Å². The molecular weight excluding hydrogens is 354 g/mol. The first-order valence-electron chi connectivity index (χ1n) is 9.92. The number of hydrogen-bond donors (Lipinski definition) is 1. The molecule has 148 valence electrons. The third-order valence-electron chi connectivity index (χ3n) is 6.12. The molecule has 2 aliphatic heterocycles. The van der Waals surface area contributed by atoms with Crippen molar-refractivity contribution in [2.45, 2.75) is 51.2 Å². The van der Waals surface area contributed by atoms with Crippen molar-refractivity contribution in [2.75, 3.05) is 19.6 Å². The van der Waals surface area contributed by atoms with Gasteiger partial charge in [0.1, 0.15) is 0 Å². The molecule has 0 aliphatic carbocycles. The van der Waals surface area contributed by atoms with Gasteiger partial charge in [-0.25, -0.2) is 0 Å². The number of benzene rings is 1. The smallest absolute Gasteiger partial charge is 0.219 e.